The summed E-state index contributed by atoms with van der Waals surface area (Å²) in [6.45, 7) is 13.0. The minimum atomic E-state index is 0.445. The maximum absolute atomic E-state index is 4.57. The van der Waals surface area contributed by atoms with Crippen LogP contribution >= 0.6 is 0 Å². The zero-order valence-corrected chi connectivity index (χ0v) is 12.7. The molecule has 1 atom stereocenters. The molecule has 104 valence electrons. The van der Waals surface area contributed by atoms with Crippen LogP contribution in [0.5, 0.6) is 0 Å². The minimum Gasteiger partial charge on any atom is -0.309 e. The van der Waals surface area contributed by atoms with E-state index in [0.717, 1.165) is 24.7 Å². The van der Waals surface area contributed by atoms with Crippen molar-refractivity contribution in [1.82, 2.24) is 15.1 Å². The van der Waals surface area contributed by atoms with Crippen molar-refractivity contribution in [3.63, 3.8) is 0 Å². The first kappa shape index (κ1) is 15.2. The third kappa shape index (κ3) is 3.84. The number of nitrogens with zero attached hydrogens (tertiary/aromatic N) is 2. The molecule has 0 aliphatic rings. The molecule has 0 bridgehead atoms. The van der Waals surface area contributed by atoms with E-state index in [-0.39, 0.29) is 0 Å². The van der Waals surface area contributed by atoms with Gasteiger partial charge in [-0.2, -0.15) is 5.10 Å². The van der Waals surface area contributed by atoms with E-state index in [1.807, 2.05) is 0 Å². The van der Waals surface area contributed by atoms with Crippen LogP contribution in [0, 0.1) is 12.8 Å². The van der Waals surface area contributed by atoms with Crippen LogP contribution in [0.15, 0.2) is 6.07 Å². The molecule has 0 aliphatic heterocycles. The van der Waals surface area contributed by atoms with E-state index in [1.165, 1.54) is 25.0 Å². The van der Waals surface area contributed by atoms with Gasteiger partial charge in [0.05, 0.1) is 11.4 Å². The lowest BCUT2D eigenvalue weighted by atomic mass is 9.93. The van der Waals surface area contributed by atoms with Crippen LogP contribution < -0.4 is 5.32 Å². The van der Waals surface area contributed by atoms with Gasteiger partial charge in [-0.15, -0.1) is 0 Å². The third-order valence-corrected chi connectivity index (χ3v) is 3.76. The average Bonchev–Trinajstić information content (AvgIpc) is 2.75. The van der Waals surface area contributed by atoms with Gasteiger partial charge in [0.2, 0.25) is 0 Å². The molecule has 0 aromatic carbocycles. The minimum absolute atomic E-state index is 0.445. The Bertz CT molecular complexity index is 340. The van der Waals surface area contributed by atoms with E-state index in [4.69, 9.17) is 0 Å². The number of nitrogens with one attached hydrogen (secondary N) is 1. The van der Waals surface area contributed by atoms with Crippen molar-refractivity contribution in [2.24, 2.45) is 5.92 Å². The van der Waals surface area contributed by atoms with E-state index >= 15 is 0 Å². The van der Waals surface area contributed by atoms with E-state index in [9.17, 15) is 0 Å². The highest BCUT2D eigenvalue weighted by molar-refractivity contribution is 5.13. The highest BCUT2D eigenvalue weighted by atomic mass is 15.3. The summed E-state index contributed by atoms with van der Waals surface area (Å²) in [5.74, 6) is 0.801. The summed E-state index contributed by atoms with van der Waals surface area (Å²) >= 11 is 0. The topological polar surface area (TPSA) is 29.9 Å². The van der Waals surface area contributed by atoms with Crippen molar-refractivity contribution >= 4 is 0 Å². The predicted molar refractivity (Wildman–Crippen MR) is 77.7 cm³/mol. The highest BCUT2D eigenvalue weighted by Crippen LogP contribution is 2.25. The largest absolute Gasteiger partial charge is 0.309 e. The molecule has 0 spiro atoms. The van der Waals surface area contributed by atoms with E-state index in [1.54, 1.807) is 0 Å². The summed E-state index contributed by atoms with van der Waals surface area (Å²) in [7, 11) is 0. The number of hydrogen-bond acceptors (Lipinski definition) is 2. The smallest absolute Gasteiger partial charge is 0.0597 e. The molecule has 0 radical (unpaired) electrons. The fourth-order valence-corrected chi connectivity index (χ4v) is 2.61. The van der Waals surface area contributed by atoms with Crippen molar-refractivity contribution in [3.8, 4) is 0 Å². The fourth-order valence-electron chi connectivity index (χ4n) is 2.61. The van der Waals surface area contributed by atoms with Crippen molar-refractivity contribution in [2.75, 3.05) is 6.54 Å². The standard InChI is InChI=1S/C15H29N3/c1-6-13(7-2)11-14(16-8-3)15-10-12(5)17-18(15)9-4/h10,13-14,16H,6-9,11H2,1-5H3. The molecule has 18 heavy (non-hydrogen) atoms. The van der Waals surface area contributed by atoms with Gasteiger partial charge < -0.3 is 5.32 Å². The van der Waals surface area contributed by atoms with Gasteiger partial charge in [0.1, 0.15) is 0 Å². The maximum Gasteiger partial charge on any atom is 0.0597 e. The Kier molecular flexibility index (Phi) is 6.41. The molecule has 1 rings (SSSR count). The first-order chi connectivity index (χ1) is 8.65. The molecule has 0 saturated heterocycles. The maximum atomic E-state index is 4.57. The van der Waals surface area contributed by atoms with Crippen molar-refractivity contribution in [2.45, 2.75) is 66.5 Å². The molecule has 1 N–H and O–H groups in total. The van der Waals surface area contributed by atoms with Crippen LogP contribution in [-0.4, -0.2) is 16.3 Å². The molecule has 0 fully saturated rings. The van der Waals surface area contributed by atoms with Crippen LogP contribution in [0.4, 0.5) is 0 Å². The highest BCUT2D eigenvalue weighted by Gasteiger charge is 2.19. The van der Waals surface area contributed by atoms with Crippen LogP contribution in [0.3, 0.4) is 0 Å². The Morgan fingerprint density at radius 3 is 2.39 bits per heavy atom. The number of hydrogen-bond donors (Lipinski definition) is 1. The first-order valence-corrected chi connectivity index (χ1v) is 7.43. The summed E-state index contributed by atoms with van der Waals surface area (Å²) in [5, 5.41) is 8.19. The molecule has 3 heteroatoms. The van der Waals surface area contributed by atoms with Gasteiger partial charge >= 0.3 is 0 Å². The first-order valence-electron chi connectivity index (χ1n) is 7.43. The van der Waals surface area contributed by atoms with Gasteiger partial charge in [0, 0.05) is 12.6 Å². The molecular weight excluding hydrogens is 222 g/mol. The molecule has 1 aromatic heterocycles. The average molecular weight is 251 g/mol. The van der Waals surface area contributed by atoms with E-state index < -0.39 is 0 Å². The number of rotatable bonds is 8. The van der Waals surface area contributed by atoms with Crippen molar-refractivity contribution in [1.29, 1.82) is 0 Å². The summed E-state index contributed by atoms with van der Waals surface area (Å²) in [6.07, 6.45) is 3.74. The Hall–Kier alpha value is -0.830. The molecule has 3 nitrogen and oxygen atoms in total. The van der Waals surface area contributed by atoms with Crippen LogP contribution in [0.1, 0.15) is 64.4 Å². The molecule has 1 aromatic rings. The predicted octanol–water partition coefficient (Wildman–Crippen LogP) is 3.69. The Balaban J connectivity index is 2.88. The summed E-state index contributed by atoms with van der Waals surface area (Å²) in [5.41, 5.74) is 2.48. The monoisotopic (exact) mass is 251 g/mol. The Morgan fingerprint density at radius 1 is 1.22 bits per heavy atom. The van der Waals surface area contributed by atoms with Gasteiger partial charge in [-0.05, 0) is 38.8 Å². The van der Waals surface area contributed by atoms with Gasteiger partial charge in [-0.25, -0.2) is 0 Å². The Labute approximate surface area is 112 Å². The second-order valence-corrected chi connectivity index (χ2v) is 5.05. The lowest BCUT2D eigenvalue weighted by molar-refractivity contribution is 0.360. The summed E-state index contributed by atoms with van der Waals surface area (Å²) in [4.78, 5) is 0. The summed E-state index contributed by atoms with van der Waals surface area (Å²) < 4.78 is 2.14. The second kappa shape index (κ2) is 7.57. The Morgan fingerprint density at radius 2 is 1.89 bits per heavy atom. The summed E-state index contributed by atoms with van der Waals surface area (Å²) in [6, 6.07) is 2.68. The van der Waals surface area contributed by atoms with Crippen LogP contribution in [0.2, 0.25) is 0 Å². The van der Waals surface area contributed by atoms with Gasteiger partial charge in [-0.1, -0.05) is 33.6 Å². The van der Waals surface area contributed by atoms with Crippen molar-refractivity contribution in [3.05, 3.63) is 17.5 Å². The van der Waals surface area contributed by atoms with Crippen LogP contribution in [-0.2, 0) is 6.54 Å². The van der Waals surface area contributed by atoms with Gasteiger partial charge in [0.15, 0.2) is 0 Å². The fraction of sp³-hybridized carbons (Fsp3) is 0.800. The second-order valence-electron chi connectivity index (χ2n) is 5.05. The normalized spacial score (nSPS) is 13.2. The SMILES string of the molecule is CCNC(CC(CC)CC)c1cc(C)nn1CC. The van der Waals surface area contributed by atoms with Gasteiger partial charge in [-0.3, -0.25) is 4.68 Å². The van der Waals surface area contributed by atoms with E-state index in [2.05, 4.69) is 55.8 Å². The quantitative estimate of drug-likeness (QED) is 0.763. The third-order valence-electron chi connectivity index (χ3n) is 3.76. The number of aromatic nitrogens is 2. The molecule has 0 amide bonds. The molecular formula is C15H29N3. The number of aryl methyl sites for hydroxylation is 2. The van der Waals surface area contributed by atoms with Crippen molar-refractivity contribution < 1.29 is 0 Å². The van der Waals surface area contributed by atoms with Crippen LogP contribution in [0.25, 0.3) is 0 Å². The molecule has 1 unspecified atom stereocenters. The van der Waals surface area contributed by atoms with E-state index in [0.29, 0.717) is 6.04 Å². The zero-order chi connectivity index (χ0) is 13.5. The molecule has 0 aliphatic carbocycles. The lowest BCUT2D eigenvalue weighted by Crippen LogP contribution is -2.26. The van der Waals surface area contributed by atoms with Gasteiger partial charge in [0.25, 0.3) is 0 Å². The lowest BCUT2D eigenvalue weighted by Gasteiger charge is -2.23. The molecule has 1 heterocycles. The zero-order valence-electron chi connectivity index (χ0n) is 12.7. The molecule has 0 saturated carbocycles.